The lowest BCUT2D eigenvalue weighted by atomic mass is 9.86. The average molecular weight is 494 g/mol. The van der Waals surface area contributed by atoms with E-state index in [4.69, 9.17) is 17.0 Å². The SMILES string of the molecule is Cc1cc(C=C2C(=N)N3N=C(CCC4CCCCC4)SC3=NC2=O)c(C)n1-c1cccc(Cl)c1. The number of carbonyl (C=O) groups excluding carboxylic acids is 1. The summed E-state index contributed by atoms with van der Waals surface area (Å²) in [6.45, 7) is 4.01. The topological polar surface area (TPSA) is 73.8 Å². The average Bonchev–Trinajstić information content (AvgIpc) is 3.35. The van der Waals surface area contributed by atoms with E-state index >= 15 is 0 Å². The lowest BCUT2D eigenvalue weighted by molar-refractivity contribution is -0.114. The van der Waals surface area contributed by atoms with Crippen molar-refractivity contribution in [1.82, 2.24) is 9.58 Å². The molecule has 0 saturated heterocycles. The summed E-state index contributed by atoms with van der Waals surface area (Å²) < 4.78 is 2.09. The minimum absolute atomic E-state index is 0.0859. The number of aromatic nitrogens is 1. The summed E-state index contributed by atoms with van der Waals surface area (Å²) in [5.41, 5.74) is 4.08. The Balaban J connectivity index is 1.38. The van der Waals surface area contributed by atoms with E-state index in [1.54, 1.807) is 6.08 Å². The minimum Gasteiger partial charge on any atom is -0.318 e. The summed E-state index contributed by atoms with van der Waals surface area (Å²) >= 11 is 7.62. The van der Waals surface area contributed by atoms with E-state index in [0.717, 1.165) is 46.4 Å². The zero-order valence-electron chi connectivity index (χ0n) is 19.5. The van der Waals surface area contributed by atoms with Crippen LogP contribution in [-0.4, -0.2) is 31.5 Å². The van der Waals surface area contributed by atoms with Gasteiger partial charge in [0.25, 0.3) is 5.91 Å². The molecule has 1 fully saturated rings. The van der Waals surface area contributed by atoms with Crippen LogP contribution < -0.4 is 0 Å². The number of aryl methyl sites for hydroxylation is 1. The van der Waals surface area contributed by atoms with E-state index < -0.39 is 0 Å². The van der Waals surface area contributed by atoms with E-state index in [0.29, 0.717) is 10.2 Å². The van der Waals surface area contributed by atoms with Gasteiger partial charge in [0.2, 0.25) is 5.17 Å². The van der Waals surface area contributed by atoms with Crippen LogP contribution in [0.4, 0.5) is 0 Å². The third-order valence-corrected chi connectivity index (χ3v) is 8.03. The summed E-state index contributed by atoms with van der Waals surface area (Å²) in [7, 11) is 0. The molecule has 0 atom stereocenters. The summed E-state index contributed by atoms with van der Waals surface area (Å²) in [6, 6.07) is 9.69. The number of hydrazone groups is 1. The molecule has 2 aromatic rings. The molecule has 1 N–H and O–H groups in total. The van der Waals surface area contributed by atoms with Gasteiger partial charge in [-0.1, -0.05) is 49.8 Å². The van der Waals surface area contributed by atoms with Crippen molar-refractivity contribution in [2.45, 2.75) is 58.8 Å². The van der Waals surface area contributed by atoms with Crippen molar-refractivity contribution in [3.05, 3.63) is 57.9 Å². The molecule has 0 unspecified atom stereocenters. The van der Waals surface area contributed by atoms with Crippen molar-refractivity contribution in [1.29, 1.82) is 5.41 Å². The second-order valence-corrected chi connectivity index (χ2v) is 10.7. The summed E-state index contributed by atoms with van der Waals surface area (Å²) in [6.07, 6.45) is 10.4. The zero-order chi connectivity index (χ0) is 23.8. The Hall–Kier alpha value is -2.64. The number of amidine groups is 2. The molecule has 3 aliphatic rings. The number of halogens is 1. The van der Waals surface area contributed by atoms with Gasteiger partial charge in [-0.3, -0.25) is 10.2 Å². The van der Waals surface area contributed by atoms with Crippen LogP contribution in [0.2, 0.25) is 5.02 Å². The third kappa shape index (κ3) is 4.51. The number of rotatable bonds is 5. The largest absolute Gasteiger partial charge is 0.318 e. The van der Waals surface area contributed by atoms with Gasteiger partial charge >= 0.3 is 0 Å². The monoisotopic (exact) mass is 493 g/mol. The molecule has 1 aromatic heterocycles. The standard InChI is InChI=1S/C26H28ClN5OS/c1-16-13-19(17(2)31(16)21-10-6-9-20(27)15-21)14-22-24(28)32-26(29-25(22)33)34-23(30-32)12-11-18-7-4-3-5-8-18/h6,9-10,13-15,18,28H,3-5,7-8,11-12H2,1-2H3. The van der Waals surface area contributed by atoms with Crippen molar-refractivity contribution in [3.8, 4) is 5.69 Å². The minimum atomic E-state index is -0.389. The third-order valence-electron chi connectivity index (χ3n) is 6.82. The van der Waals surface area contributed by atoms with Gasteiger partial charge in [-0.15, -0.1) is 0 Å². The normalized spacial score (nSPS) is 20.1. The molecule has 176 valence electrons. The second kappa shape index (κ2) is 9.55. The van der Waals surface area contributed by atoms with Gasteiger partial charge in [0.05, 0.1) is 5.57 Å². The fourth-order valence-electron chi connectivity index (χ4n) is 5.04. The van der Waals surface area contributed by atoms with Gasteiger partial charge in [0, 0.05) is 22.1 Å². The van der Waals surface area contributed by atoms with Crippen molar-refractivity contribution in [2.24, 2.45) is 16.0 Å². The van der Waals surface area contributed by atoms with E-state index in [-0.39, 0.29) is 17.3 Å². The number of amides is 1. The first-order chi connectivity index (χ1) is 16.4. The van der Waals surface area contributed by atoms with Crippen molar-refractivity contribution < 1.29 is 4.79 Å². The van der Waals surface area contributed by atoms with Crippen LogP contribution >= 0.6 is 23.4 Å². The molecule has 3 heterocycles. The molecule has 1 aliphatic carbocycles. The highest BCUT2D eigenvalue weighted by molar-refractivity contribution is 8.26. The predicted octanol–water partition coefficient (Wildman–Crippen LogP) is 6.73. The Bertz CT molecular complexity index is 1250. The Kier molecular flexibility index (Phi) is 6.49. The fourth-order valence-corrected chi connectivity index (χ4v) is 6.12. The number of aliphatic imine (C=N–C) groups is 1. The van der Waals surface area contributed by atoms with Crippen molar-refractivity contribution in [2.75, 3.05) is 0 Å². The first kappa shape index (κ1) is 23.1. The Morgan fingerprint density at radius 3 is 2.76 bits per heavy atom. The van der Waals surface area contributed by atoms with Crippen molar-refractivity contribution in [3.63, 3.8) is 0 Å². The zero-order valence-corrected chi connectivity index (χ0v) is 21.0. The van der Waals surface area contributed by atoms with Crippen molar-refractivity contribution >= 4 is 51.4 Å². The van der Waals surface area contributed by atoms with Crippen LogP contribution in [0.5, 0.6) is 0 Å². The molecular formula is C26H28ClN5OS. The molecule has 1 saturated carbocycles. The van der Waals surface area contributed by atoms with Crippen LogP contribution in [0.1, 0.15) is 61.9 Å². The fraction of sp³-hybridized carbons (Fsp3) is 0.385. The number of hydrogen-bond acceptors (Lipinski definition) is 4. The maximum absolute atomic E-state index is 12.9. The molecule has 8 heteroatoms. The lowest BCUT2D eigenvalue weighted by Gasteiger charge is -2.20. The number of fused-ring (bicyclic) bond motifs is 1. The van der Waals surface area contributed by atoms with Gasteiger partial charge in [0.15, 0.2) is 5.84 Å². The molecule has 34 heavy (non-hydrogen) atoms. The van der Waals surface area contributed by atoms with Crippen LogP contribution in [0.25, 0.3) is 11.8 Å². The maximum atomic E-state index is 12.9. The highest BCUT2D eigenvalue weighted by Crippen LogP contribution is 2.33. The molecule has 5 rings (SSSR count). The van der Waals surface area contributed by atoms with Crippen LogP contribution in [0, 0.1) is 25.2 Å². The van der Waals surface area contributed by atoms with Gasteiger partial charge in [-0.25, -0.2) is 0 Å². The molecule has 0 spiro atoms. The summed E-state index contributed by atoms with van der Waals surface area (Å²) in [4.78, 5) is 17.1. The molecule has 1 amide bonds. The molecular weight excluding hydrogens is 466 g/mol. The van der Waals surface area contributed by atoms with Crippen LogP contribution in [0.15, 0.2) is 46.0 Å². The summed E-state index contributed by atoms with van der Waals surface area (Å²) in [5, 5.41) is 17.0. The second-order valence-electron chi connectivity index (χ2n) is 9.20. The van der Waals surface area contributed by atoms with Gasteiger partial charge in [-0.05, 0) is 80.3 Å². The van der Waals surface area contributed by atoms with E-state index in [1.807, 2.05) is 44.2 Å². The number of nitrogens with zero attached hydrogens (tertiary/aromatic N) is 4. The Morgan fingerprint density at radius 2 is 2.00 bits per heavy atom. The molecule has 6 nitrogen and oxygen atoms in total. The number of nitrogens with one attached hydrogen (secondary N) is 1. The van der Waals surface area contributed by atoms with E-state index in [9.17, 15) is 4.79 Å². The van der Waals surface area contributed by atoms with Gasteiger partial charge < -0.3 is 4.57 Å². The van der Waals surface area contributed by atoms with Gasteiger partial charge in [0.1, 0.15) is 5.04 Å². The number of carbonyl (C=O) groups is 1. The van der Waals surface area contributed by atoms with Crippen LogP contribution in [0.3, 0.4) is 0 Å². The first-order valence-corrected chi connectivity index (χ1v) is 13.0. The lowest BCUT2D eigenvalue weighted by Crippen LogP contribution is -2.35. The van der Waals surface area contributed by atoms with Gasteiger partial charge in [-0.2, -0.15) is 15.1 Å². The maximum Gasteiger partial charge on any atom is 0.283 e. The molecule has 0 radical (unpaired) electrons. The number of hydrogen-bond donors (Lipinski definition) is 1. The molecule has 1 aromatic carbocycles. The first-order valence-electron chi connectivity index (χ1n) is 11.8. The Morgan fingerprint density at radius 1 is 1.21 bits per heavy atom. The number of thioether (sulfide) groups is 1. The molecule has 0 bridgehead atoms. The highest BCUT2D eigenvalue weighted by atomic mass is 35.5. The Labute approximate surface area is 209 Å². The number of benzene rings is 1. The predicted molar refractivity (Wildman–Crippen MR) is 141 cm³/mol. The quantitative estimate of drug-likeness (QED) is 0.469. The van der Waals surface area contributed by atoms with E-state index in [2.05, 4.69) is 14.7 Å². The van der Waals surface area contributed by atoms with Crippen LogP contribution in [-0.2, 0) is 4.79 Å². The molecule has 2 aliphatic heterocycles. The summed E-state index contributed by atoms with van der Waals surface area (Å²) in [5.74, 6) is 0.464. The highest BCUT2D eigenvalue weighted by Gasteiger charge is 2.35. The van der Waals surface area contributed by atoms with E-state index in [1.165, 1.54) is 48.9 Å². The smallest absolute Gasteiger partial charge is 0.283 e.